The average molecular weight is 726 g/mol. The number of ether oxygens (including phenoxy) is 5. The Labute approximate surface area is 289 Å². The van der Waals surface area contributed by atoms with Crippen LogP contribution < -0.4 is 10.6 Å². The summed E-state index contributed by atoms with van der Waals surface area (Å²) in [5.41, 5.74) is 0. The summed E-state index contributed by atoms with van der Waals surface area (Å²) in [6, 6.07) is -0.439. The number of unbranched alkanes of at least 4 members (excludes halogenated alkanes) is 2. The van der Waals surface area contributed by atoms with Crippen LogP contribution in [0.2, 0.25) is 0 Å². The Balaban J connectivity index is 1.30. The lowest BCUT2D eigenvalue weighted by atomic mass is 10.0. The molecule has 0 aromatic carbocycles. The highest BCUT2D eigenvalue weighted by Gasteiger charge is 2.34. The number of nitrogens with zero attached hydrogens (tertiary/aromatic N) is 1. The van der Waals surface area contributed by atoms with E-state index in [2.05, 4.69) is 34.6 Å². The molecule has 48 heavy (non-hydrogen) atoms. The Bertz CT molecular complexity index is 988. The predicted molar refractivity (Wildman–Crippen MR) is 181 cm³/mol. The molecule has 17 heteroatoms. The fourth-order valence-corrected chi connectivity index (χ4v) is 5.71. The van der Waals surface area contributed by atoms with Crippen molar-refractivity contribution in [3.63, 3.8) is 0 Å². The number of nitrogens with one attached hydrogen (secondary N) is 2. The minimum Gasteiger partial charge on any atom is -0.446 e. The number of hydrogen-bond acceptors (Lipinski definition) is 11. The molecule has 1 aliphatic heterocycles. The van der Waals surface area contributed by atoms with Crippen LogP contribution in [0.5, 0.6) is 0 Å². The first-order valence-electron chi connectivity index (χ1n) is 17.0. The second-order valence-corrected chi connectivity index (χ2v) is 14.3. The van der Waals surface area contributed by atoms with Gasteiger partial charge in [0.2, 0.25) is 11.8 Å². The third-order valence-corrected chi connectivity index (χ3v) is 8.44. The molecule has 0 bridgehead atoms. The smallest absolute Gasteiger partial charge is 0.407 e. The Morgan fingerprint density at radius 2 is 1.48 bits per heavy atom. The van der Waals surface area contributed by atoms with Crippen molar-refractivity contribution in [2.45, 2.75) is 88.9 Å². The molecule has 2 rings (SSSR count). The van der Waals surface area contributed by atoms with Gasteiger partial charge in [-0.3, -0.25) is 9.59 Å². The number of allylic oxidation sites excluding steroid dienone is 2. The molecule has 2 aliphatic rings. The molecule has 1 heterocycles. The highest BCUT2D eigenvalue weighted by molar-refractivity contribution is 8.06. The zero-order valence-corrected chi connectivity index (χ0v) is 29.7. The molecule has 0 saturated carbocycles. The molecule has 15 nitrogen and oxygen atoms in total. The number of β-amino-alcohol motifs (C(OH)–C–C–N with tert-alkyl or cyclic N) is 1. The maximum Gasteiger partial charge on any atom is 0.407 e. The molecule has 5 N–H and O–H groups in total. The largest absolute Gasteiger partial charge is 0.446 e. The van der Waals surface area contributed by atoms with Crippen LogP contribution in [0.3, 0.4) is 0 Å². The minimum absolute atomic E-state index is 0.0277. The lowest BCUT2D eigenvalue weighted by Crippen LogP contribution is -2.38. The number of amides is 3. The number of aliphatic hydroxyl groups is 1. The van der Waals surface area contributed by atoms with Crippen LogP contribution in [-0.4, -0.2) is 135 Å². The zero-order chi connectivity index (χ0) is 34.9. The molecule has 0 aromatic rings. The number of carbonyl (C=O) groups excluding carboxylic acids is 3. The van der Waals surface area contributed by atoms with Crippen LogP contribution in [-0.2, 0) is 49.6 Å². The van der Waals surface area contributed by atoms with Gasteiger partial charge in [-0.2, -0.15) is 0 Å². The number of likely N-dealkylation sites (tertiary alicyclic amines) is 1. The quantitative estimate of drug-likeness (QED) is 0.0521. The van der Waals surface area contributed by atoms with Crippen molar-refractivity contribution in [1.82, 2.24) is 15.5 Å². The summed E-state index contributed by atoms with van der Waals surface area (Å²) in [6.07, 6.45) is 10.9. The Hall–Kier alpha value is -1.72. The summed E-state index contributed by atoms with van der Waals surface area (Å²) in [7, 11) is 0. The van der Waals surface area contributed by atoms with E-state index in [4.69, 9.17) is 28.2 Å². The molecule has 0 aromatic heterocycles. The topological polar surface area (TPSA) is 195 Å². The number of rotatable bonds is 25. The lowest BCUT2D eigenvalue weighted by Gasteiger charge is -2.25. The first kappa shape index (κ1) is 42.4. The second-order valence-electron chi connectivity index (χ2n) is 11.7. The van der Waals surface area contributed by atoms with Crippen LogP contribution >= 0.6 is 6.72 Å². The van der Waals surface area contributed by atoms with E-state index in [9.17, 15) is 29.3 Å². The van der Waals surface area contributed by atoms with Gasteiger partial charge in [0, 0.05) is 32.5 Å². The van der Waals surface area contributed by atoms with Gasteiger partial charge in [0.1, 0.15) is 6.10 Å². The monoisotopic (exact) mass is 725 g/mol. The molecule has 1 fully saturated rings. The fraction of sp³-hybridized carbons (Fsp3) is 0.839. The van der Waals surface area contributed by atoms with E-state index in [-0.39, 0.29) is 50.5 Å². The third kappa shape index (κ3) is 22.1. The normalized spacial score (nSPS) is 20.6. The van der Waals surface area contributed by atoms with Crippen molar-refractivity contribution in [2.75, 3.05) is 79.1 Å². The van der Waals surface area contributed by atoms with Gasteiger partial charge in [-0.25, -0.2) is 4.79 Å². The summed E-state index contributed by atoms with van der Waals surface area (Å²) in [6.45, 7) is 0.218. The van der Waals surface area contributed by atoms with E-state index < -0.39 is 25.0 Å². The van der Waals surface area contributed by atoms with Gasteiger partial charge in [0.05, 0.1) is 71.6 Å². The molecule has 0 radical (unpaired) electrons. The zero-order valence-electron chi connectivity index (χ0n) is 28.0. The first-order chi connectivity index (χ1) is 23.1. The van der Waals surface area contributed by atoms with Gasteiger partial charge in [0.15, 0.2) is 0 Å². The number of carbonyl (C=O) groups is 3. The number of alkyl carbamates (subject to hydrolysis) is 1. The minimum atomic E-state index is -3.82. The van der Waals surface area contributed by atoms with Crippen molar-refractivity contribution >= 4 is 36.4 Å². The second kappa shape index (κ2) is 26.1. The van der Waals surface area contributed by atoms with Gasteiger partial charge in [-0.15, -0.1) is 0 Å². The van der Waals surface area contributed by atoms with Crippen LogP contribution in [0, 0.1) is 0 Å². The van der Waals surface area contributed by atoms with Gasteiger partial charge in [-0.05, 0) is 63.2 Å². The SMILES string of the molecule is O=C(CCOCCOCCOCCOCCNC(=O)OC1CC/C=C/CCC1)NCCCCCC(=O)N1C[C@H](O)C[C@H]1COP(O)(O)=S. The fourth-order valence-electron chi connectivity index (χ4n) is 5.16. The first-order valence-corrected chi connectivity index (χ1v) is 19.6. The Morgan fingerprint density at radius 1 is 0.812 bits per heavy atom. The van der Waals surface area contributed by atoms with Crippen LogP contribution in [0.4, 0.5) is 4.79 Å². The molecule has 0 spiro atoms. The van der Waals surface area contributed by atoms with Gasteiger partial charge in [-0.1, -0.05) is 18.6 Å². The summed E-state index contributed by atoms with van der Waals surface area (Å²) >= 11 is 4.45. The number of hydrogen-bond donors (Lipinski definition) is 5. The molecular weight excluding hydrogens is 669 g/mol. The van der Waals surface area contributed by atoms with E-state index in [0.29, 0.717) is 72.2 Å². The van der Waals surface area contributed by atoms with Gasteiger partial charge >= 0.3 is 12.8 Å². The van der Waals surface area contributed by atoms with Crippen molar-refractivity contribution < 1.29 is 57.5 Å². The van der Waals surface area contributed by atoms with Crippen molar-refractivity contribution in [3.05, 3.63) is 12.2 Å². The van der Waals surface area contributed by atoms with E-state index in [1.807, 2.05) is 0 Å². The standard InChI is InChI=1S/C31H56N3O12PS/c35-27-23-26(25-45-47(39,40)48)34(24-27)30(37)11-7-4-8-13-32-29(36)12-15-41-17-19-43-21-22-44-20-18-42-16-14-33-31(38)46-28-9-5-2-1-3-6-10-28/h1-2,26-28,35H,3-25H2,(H,32,36)(H,33,38)(H2,39,40,48)/b2-1+/t26-,27+,28?/m0/s1. The molecule has 3 amide bonds. The van der Waals surface area contributed by atoms with Crippen LogP contribution in [0.25, 0.3) is 0 Å². The molecule has 1 unspecified atom stereocenters. The third-order valence-electron chi connectivity index (χ3n) is 7.64. The molecule has 3 atom stereocenters. The molecule has 278 valence electrons. The Morgan fingerprint density at radius 3 is 2.19 bits per heavy atom. The Kier molecular flexibility index (Phi) is 23.1. The highest BCUT2D eigenvalue weighted by Crippen LogP contribution is 2.37. The van der Waals surface area contributed by atoms with Crippen molar-refractivity contribution in [2.24, 2.45) is 0 Å². The lowest BCUT2D eigenvalue weighted by molar-refractivity contribution is -0.133. The average Bonchev–Trinajstić information content (AvgIpc) is 3.41. The predicted octanol–water partition coefficient (Wildman–Crippen LogP) is 1.92. The van der Waals surface area contributed by atoms with E-state index in [1.165, 1.54) is 4.90 Å². The van der Waals surface area contributed by atoms with E-state index >= 15 is 0 Å². The van der Waals surface area contributed by atoms with Crippen LogP contribution in [0.15, 0.2) is 12.2 Å². The summed E-state index contributed by atoms with van der Waals surface area (Å²) in [4.78, 5) is 56.5. The highest BCUT2D eigenvalue weighted by atomic mass is 32.5. The molecular formula is C31H56N3O12PS. The van der Waals surface area contributed by atoms with Gasteiger partial charge in [0.25, 0.3) is 0 Å². The van der Waals surface area contributed by atoms with Gasteiger partial charge < -0.3 is 58.6 Å². The number of aliphatic hydroxyl groups excluding tert-OH is 1. The summed E-state index contributed by atoms with van der Waals surface area (Å²) in [5.74, 6) is -0.241. The van der Waals surface area contributed by atoms with Crippen LogP contribution in [0.1, 0.15) is 70.6 Å². The van der Waals surface area contributed by atoms with E-state index in [0.717, 1.165) is 44.9 Å². The van der Waals surface area contributed by atoms with Crippen molar-refractivity contribution in [1.29, 1.82) is 0 Å². The molecule has 1 saturated heterocycles. The van der Waals surface area contributed by atoms with E-state index in [1.54, 1.807) is 0 Å². The summed E-state index contributed by atoms with van der Waals surface area (Å²) < 4.78 is 32.2. The maximum absolute atomic E-state index is 12.5. The molecule has 1 aliphatic carbocycles. The maximum atomic E-state index is 12.5. The summed E-state index contributed by atoms with van der Waals surface area (Å²) in [5, 5.41) is 15.5. The van der Waals surface area contributed by atoms with Crippen molar-refractivity contribution in [3.8, 4) is 0 Å².